The standard InChI is InChI=1S/C16H14F4N4O3/c1-2-3-7-11(15(26)27)21-14(25)12-13(16(18,19)20)24(23-22-12)10-6-4-5-9(17)8-10/h2-6,8,11H,7H2,1H3,(H,21,25)(H,26,27)/b3-2+. The molecule has 1 amide bonds. The average Bonchev–Trinajstić information content (AvgIpc) is 3.03. The summed E-state index contributed by atoms with van der Waals surface area (Å²) in [5.41, 5.74) is -2.95. The summed E-state index contributed by atoms with van der Waals surface area (Å²) in [5, 5.41) is 17.6. The molecule has 2 aromatic rings. The Bertz CT molecular complexity index is 877. The third kappa shape index (κ3) is 4.68. The maximum absolute atomic E-state index is 13.5. The number of carboxylic acids is 1. The quantitative estimate of drug-likeness (QED) is 0.588. The van der Waals surface area contributed by atoms with Gasteiger partial charge in [-0.05, 0) is 31.5 Å². The number of aliphatic carboxylic acids is 1. The number of alkyl halides is 3. The van der Waals surface area contributed by atoms with Gasteiger partial charge in [0.15, 0.2) is 11.4 Å². The summed E-state index contributed by atoms with van der Waals surface area (Å²) in [6, 6.07) is 2.69. The molecule has 0 saturated carbocycles. The molecule has 2 N–H and O–H groups in total. The molecule has 1 atom stereocenters. The van der Waals surface area contributed by atoms with Crippen LogP contribution in [0.1, 0.15) is 29.5 Å². The third-order valence-corrected chi connectivity index (χ3v) is 3.42. The summed E-state index contributed by atoms with van der Waals surface area (Å²) in [4.78, 5) is 23.4. The predicted molar refractivity (Wildman–Crippen MR) is 84.6 cm³/mol. The SMILES string of the molecule is C/C=C/CC(NC(=O)c1nnn(-c2cccc(F)c2)c1C(F)(F)F)C(=O)O. The number of allylic oxidation sites excluding steroid dienone is 1. The van der Waals surface area contributed by atoms with E-state index in [-0.39, 0.29) is 16.8 Å². The van der Waals surface area contributed by atoms with Crippen LogP contribution in [0.15, 0.2) is 36.4 Å². The van der Waals surface area contributed by atoms with Gasteiger partial charge in [0.2, 0.25) is 0 Å². The number of hydrogen-bond acceptors (Lipinski definition) is 4. The molecule has 27 heavy (non-hydrogen) atoms. The van der Waals surface area contributed by atoms with E-state index < -0.39 is 41.3 Å². The second-order valence-corrected chi connectivity index (χ2v) is 5.35. The first-order chi connectivity index (χ1) is 12.6. The van der Waals surface area contributed by atoms with E-state index in [2.05, 4.69) is 10.3 Å². The van der Waals surface area contributed by atoms with Crippen molar-refractivity contribution in [2.75, 3.05) is 0 Å². The van der Waals surface area contributed by atoms with E-state index in [1.807, 2.05) is 5.32 Å². The van der Waals surface area contributed by atoms with Gasteiger partial charge in [-0.2, -0.15) is 13.2 Å². The van der Waals surface area contributed by atoms with Crippen LogP contribution < -0.4 is 5.32 Å². The van der Waals surface area contributed by atoms with Gasteiger partial charge in [-0.3, -0.25) is 4.79 Å². The number of halogens is 4. The molecule has 1 aromatic carbocycles. The van der Waals surface area contributed by atoms with Crippen LogP contribution in [0.2, 0.25) is 0 Å². The molecule has 7 nitrogen and oxygen atoms in total. The molecule has 0 spiro atoms. The molecule has 0 aliphatic carbocycles. The van der Waals surface area contributed by atoms with E-state index in [4.69, 9.17) is 5.11 Å². The molecule has 0 bridgehead atoms. The Morgan fingerprint density at radius 1 is 1.37 bits per heavy atom. The highest BCUT2D eigenvalue weighted by molar-refractivity contribution is 5.96. The number of nitrogens with zero attached hydrogens (tertiary/aromatic N) is 3. The number of carbonyl (C=O) groups excluding carboxylic acids is 1. The summed E-state index contributed by atoms with van der Waals surface area (Å²) >= 11 is 0. The van der Waals surface area contributed by atoms with Crippen LogP contribution in [0.25, 0.3) is 5.69 Å². The average molecular weight is 386 g/mol. The van der Waals surface area contributed by atoms with Crippen molar-refractivity contribution in [3.05, 3.63) is 53.6 Å². The lowest BCUT2D eigenvalue weighted by molar-refractivity contribution is -0.143. The Labute approximate surface area is 150 Å². The van der Waals surface area contributed by atoms with E-state index in [0.717, 1.165) is 18.2 Å². The van der Waals surface area contributed by atoms with Crippen LogP contribution in [-0.4, -0.2) is 38.0 Å². The van der Waals surface area contributed by atoms with E-state index in [1.54, 1.807) is 6.92 Å². The number of carboxylic acid groups (broad SMARTS) is 1. The minimum atomic E-state index is -5.05. The van der Waals surface area contributed by atoms with Crippen LogP contribution in [-0.2, 0) is 11.0 Å². The number of rotatable bonds is 6. The molecular weight excluding hydrogens is 372 g/mol. The van der Waals surface area contributed by atoms with Crippen molar-refractivity contribution < 1.29 is 32.3 Å². The predicted octanol–water partition coefficient (Wildman–Crippen LogP) is 2.57. The lowest BCUT2D eigenvalue weighted by Gasteiger charge is -2.14. The Kier molecular flexibility index (Phi) is 5.93. The first-order valence-electron chi connectivity index (χ1n) is 7.58. The maximum atomic E-state index is 13.5. The summed E-state index contributed by atoms with van der Waals surface area (Å²) in [7, 11) is 0. The number of carbonyl (C=O) groups is 2. The summed E-state index contributed by atoms with van der Waals surface area (Å²) < 4.78 is 54.1. The zero-order chi connectivity index (χ0) is 20.2. The fourth-order valence-electron chi connectivity index (χ4n) is 2.20. The number of amides is 1. The number of hydrogen-bond donors (Lipinski definition) is 2. The van der Waals surface area contributed by atoms with Gasteiger partial charge in [0.25, 0.3) is 5.91 Å². The monoisotopic (exact) mass is 386 g/mol. The number of benzene rings is 1. The first-order valence-corrected chi connectivity index (χ1v) is 7.58. The largest absolute Gasteiger partial charge is 0.480 e. The molecule has 1 unspecified atom stereocenters. The van der Waals surface area contributed by atoms with Gasteiger partial charge < -0.3 is 10.4 Å². The van der Waals surface area contributed by atoms with Crippen molar-refractivity contribution in [1.29, 1.82) is 0 Å². The summed E-state index contributed by atoms with van der Waals surface area (Å²) in [6.45, 7) is 1.62. The van der Waals surface area contributed by atoms with E-state index in [1.165, 1.54) is 18.2 Å². The Morgan fingerprint density at radius 2 is 2.07 bits per heavy atom. The van der Waals surface area contributed by atoms with Crippen molar-refractivity contribution in [2.24, 2.45) is 0 Å². The highest BCUT2D eigenvalue weighted by Gasteiger charge is 2.42. The minimum Gasteiger partial charge on any atom is -0.480 e. The van der Waals surface area contributed by atoms with Crippen molar-refractivity contribution >= 4 is 11.9 Å². The van der Waals surface area contributed by atoms with Crippen LogP contribution in [0.5, 0.6) is 0 Å². The zero-order valence-electron chi connectivity index (χ0n) is 13.9. The van der Waals surface area contributed by atoms with Gasteiger partial charge in [0.1, 0.15) is 11.9 Å². The lowest BCUT2D eigenvalue weighted by Crippen LogP contribution is -2.41. The molecule has 1 aromatic heterocycles. The van der Waals surface area contributed by atoms with Gasteiger partial charge in [-0.25, -0.2) is 13.9 Å². The van der Waals surface area contributed by atoms with Crippen LogP contribution >= 0.6 is 0 Å². The third-order valence-electron chi connectivity index (χ3n) is 3.42. The van der Waals surface area contributed by atoms with E-state index in [0.29, 0.717) is 0 Å². The molecule has 1 heterocycles. The summed E-state index contributed by atoms with van der Waals surface area (Å²) in [5.74, 6) is -3.59. The van der Waals surface area contributed by atoms with Gasteiger partial charge in [-0.15, -0.1) is 5.10 Å². The lowest BCUT2D eigenvalue weighted by atomic mass is 10.2. The molecule has 0 aliphatic heterocycles. The molecule has 0 aliphatic rings. The van der Waals surface area contributed by atoms with Crippen molar-refractivity contribution in [1.82, 2.24) is 20.3 Å². The highest BCUT2D eigenvalue weighted by atomic mass is 19.4. The topological polar surface area (TPSA) is 97.1 Å². The van der Waals surface area contributed by atoms with E-state index >= 15 is 0 Å². The van der Waals surface area contributed by atoms with E-state index in [9.17, 15) is 27.2 Å². The smallest absolute Gasteiger partial charge is 0.435 e. The summed E-state index contributed by atoms with van der Waals surface area (Å²) in [6.07, 6.45) is -2.21. The maximum Gasteiger partial charge on any atom is 0.435 e. The zero-order valence-corrected chi connectivity index (χ0v) is 13.9. The van der Waals surface area contributed by atoms with Crippen LogP contribution in [0, 0.1) is 5.82 Å². The number of nitrogens with one attached hydrogen (secondary N) is 1. The van der Waals surface area contributed by atoms with Gasteiger partial charge >= 0.3 is 12.1 Å². The van der Waals surface area contributed by atoms with Gasteiger partial charge in [0.05, 0.1) is 5.69 Å². The fraction of sp³-hybridized carbons (Fsp3) is 0.250. The molecule has 0 fully saturated rings. The molecule has 0 saturated heterocycles. The van der Waals surface area contributed by atoms with Crippen molar-refractivity contribution in [3.63, 3.8) is 0 Å². The highest BCUT2D eigenvalue weighted by Crippen LogP contribution is 2.32. The normalized spacial score (nSPS) is 12.9. The Hall–Kier alpha value is -3.24. The fourth-order valence-corrected chi connectivity index (χ4v) is 2.20. The molecule has 2 rings (SSSR count). The Morgan fingerprint density at radius 3 is 2.63 bits per heavy atom. The van der Waals surface area contributed by atoms with Crippen molar-refractivity contribution in [2.45, 2.75) is 25.6 Å². The van der Waals surface area contributed by atoms with Gasteiger partial charge in [0, 0.05) is 0 Å². The second kappa shape index (κ2) is 7.98. The molecule has 144 valence electrons. The van der Waals surface area contributed by atoms with Gasteiger partial charge in [-0.1, -0.05) is 23.4 Å². The number of aromatic nitrogens is 3. The van der Waals surface area contributed by atoms with Crippen LogP contribution in [0.4, 0.5) is 17.6 Å². The molecule has 11 heteroatoms. The second-order valence-electron chi connectivity index (χ2n) is 5.35. The molecule has 0 radical (unpaired) electrons. The minimum absolute atomic E-state index is 0.128. The Balaban J connectivity index is 2.45. The van der Waals surface area contributed by atoms with Crippen molar-refractivity contribution in [3.8, 4) is 5.69 Å². The molecular formula is C16H14F4N4O3. The first kappa shape index (κ1) is 20.1. The van der Waals surface area contributed by atoms with Crippen LogP contribution in [0.3, 0.4) is 0 Å².